The Morgan fingerprint density at radius 2 is 1.65 bits per heavy atom. The molecule has 23 heavy (non-hydrogen) atoms. The van der Waals surface area contributed by atoms with Crippen molar-refractivity contribution in [2.75, 3.05) is 39.9 Å². The number of unbranched alkanes of at least 4 members (excludes halogenated alkanes) is 1. The fourth-order valence-corrected chi connectivity index (χ4v) is 2.43. The predicted octanol–water partition coefficient (Wildman–Crippen LogP) is 2.39. The summed E-state index contributed by atoms with van der Waals surface area (Å²) in [5.41, 5.74) is 0.638. The molecule has 1 fully saturated rings. The molecule has 1 aliphatic rings. The van der Waals surface area contributed by atoms with Crippen LogP contribution in [-0.2, 0) is 4.74 Å². The first kappa shape index (κ1) is 17.1. The van der Waals surface area contributed by atoms with Crippen molar-refractivity contribution in [3.05, 3.63) is 29.8 Å². The first-order valence-electron chi connectivity index (χ1n) is 8.00. The lowest BCUT2D eigenvalue weighted by Crippen LogP contribution is -2.50. The molecule has 1 aliphatic heterocycles. The molecule has 0 atom stereocenters. The normalized spacial score (nSPS) is 14.5. The number of ether oxygens (including phenoxy) is 2. The van der Waals surface area contributed by atoms with Gasteiger partial charge in [0.25, 0.3) is 5.91 Å². The number of amides is 2. The molecule has 1 saturated heterocycles. The van der Waals surface area contributed by atoms with Gasteiger partial charge in [-0.05, 0) is 30.7 Å². The van der Waals surface area contributed by atoms with Crippen LogP contribution >= 0.6 is 0 Å². The average Bonchev–Trinajstić information content (AvgIpc) is 2.61. The second-order valence-corrected chi connectivity index (χ2v) is 5.48. The Hall–Kier alpha value is -2.24. The SMILES string of the molecule is CCCCOc1ccc(C(=O)N2CCN(C(=O)OC)CC2)cc1. The molecule has 1 aromatic rings. The topological polar surface area (TPSA) is 59.1 Å². The van der Waals surface area contributed by atoms with E-state index in [1.54, 1.807) is 21.9 Å². The minimum Gasteiger partial charge on any atom is -0.494 e. The van der Waals surface area contributed by atoms with Gasteiger partial charge in [-0.15, -0.1) is 0 Å². The number of carbonyl (C=O) groups is 2. The highest BCUT2D eigenvalue weighted by Crippen LogP contribution is 2.15. The van der Waals surface area contributed by atoms with Crippen molar-refractivity contribution in [2.45, 2.75) is 19.8 Å². The highest BCUT2D eigenvalue weighted by molar-refractivity contribution is 5.94. The Labute approximate surface area is 137 Å². The van der Waals surface area contributed by atoms with E-state index in [1.165, 1.54) is 7.11 Å². The number of benzene rings is 1. The summed E-state index contributed by atoms with van der Waals surface area (Å²) in [6.07, 6.45) is 1.77. The average molecular weight is 320 g/mol. The molecular weight excluding hydrogens is 296 g/mol. The molecular formula is C17H24N2O4. The van der Waals surface area contributed by atoms with Crippen LogP contribution in [0.3, 0.4) is 0 Å². The summed E-state index contributed by atoms with van der Waals surface area (Å²) >= 11 is 0. The maximum Gasteiger partial charge on any atom is 0.409 e. The van der Waals surface area contributed by atoms with Gasteiger partial charge in [0.2, 0.25) is 0 Å². The van der Waals surface area contributed by atoms with Gasteiger partial charge in [-0.3, -0.25) is 4.79 Å². The van der Waals surface area contributed by atoms with Crippen LogP contribution in [0.1, 0.15) is 30.1 Å². The van der Waals surface area contributed by atoms with Crippen molar-refractivity contribution in [3.8, 4) is 5.75 Å². The van der Waals surface area contributed by atoms with Gasteiger partial charge in [0.15, 0.2) is 0 Å². The van der Waals surface area contributed by atoms with Gasteiger partial charge >= 0.3 is 6.09 Å². The van der Waals surface area contributed by atoms with Crippen molar-refractivity contribution >= 4 is 12.0 Å². The highest BCUT2D eigenvalue weighted by atomic mass is 16.5. The highest BCUT2D eigenvalue weighted by Gasteiger charge is 2.25. The molecule has 1 aromatic carbocycles. The first-order chi connectivity index (χ1) is 11.2. The third kappa shape index (κ3) is 4.61. The molecule has 2 rings (SSSR count). The summed E-state index contributed by atoms with van der Waals surface area (Å²) in [7, 11) is 1.37. The zero-order valence-electron chi connectivity index (χ0n) is 13.8. The summed E-state index contributed by atoms with van der Waals surface area (Å²) in [5.74, 6) is 0.764. The van der Waals surface area contributed by atoms with E-state index in [1.807, 2.05) is 12.1 Å². The molecule has 1 heterocycles. The van der Waals surface area contributed by atoms with Crippen LogP contribution in [0, 0.1) is 0 Å². The van der Waals surface area contributed by atoms with E-state index in [9.17, 15) is 9.59 Å². The van der Waals surface area contributed by atoms with E-state index in [0.717, 1.165) is 18.6 Å². The number of piperazine rings is 1. The number of nitrogens with zero attached hydrogens (tertiary/aromatic N) is 2. The van der Waals surface area contributed by atoms with Crippen LogP contribution in [0.2, 0.25) is 0 Å². The second-order valence-electron chi connectivity index (χ2n) is 5.48. The quantitative estimate of drug-likeness (QED) is 0.782. The Morgan fingerprint density at radius 1 is 1.04 bits per heavy atom. The minimum atomic E-state index is -0.342. The Balaban J connectivity index is 1.87. The van der Waals surface area contributed by atoms with Gasteiger partial charge in [-0.1, -0.05) is 13.3 Å². The van der Waals surface area contributed by atoms with Crippen LogP contribution in [-0.4, -0.2) is 61.7 Å². The maximum atomic E-state index is 12.5. The van der Waals surface area contributed by atoms with Gasteiger partial charge in [-0.2, -0.15) is 0 Å². The fraction of sp³-hybridized carbons (Fsp3) is 0.529. The number of methoxy groups -OCH3 is 1. The maximum absolute atomic E-state index is 12.5. The Morgan fingerprint density at radius 3 is 2.22 bits per heavy atom. The molecule has 0 unspecified atom stereocenters. The second kappa shape index (κ2) is 8.41. The van der Waals surface area contributed by atoms with Gasteiger partial charge in [0, 0.05) is 31.7 Å². The van der Waals surface area contributed by atoms with Crippen molar-refractivity contribution in [1.82, 2.24) is 9.80 Å². The molecule has 0 aromatic heterocycles. The third-order valence-corrected chi connectivity index (χ3v) is 3.87. The third-order valence-electron chi connectivity index (χ3n) is 3.87. The van der Waals surface area contributed by atoms with E-state index < -0.39 is 0 Å². The zero-order chi connectivity index (χ0) is 16.7. The zero-order valence-corrected chi connectivity index (χ0v) is 13.8. The molecule has 6 nitrogen and oxygen atoms in total. The summed E-state index contributed by atoms with van der Waals surface area (Å²) in [6.45, 7) is 4.84. The van der Waals surface area contributed by atoms with E-state index in [2.05, 4.69) is 6.92 Å². The monoisotopic (exact) mass is 320 g/mol. The number of rotatable bonds is 5. The lowest BCUT2D eigenvalue weighted by molar-refractivity contribution is 0.0599. The van der Waals surface area contributed by atoms with Crippen LogP contribution in [0.5, 0.6) is 5.75 Å². The van der Waals surface area contributed by atoms with Crippen molar-refractivity contribution in [1.29, 1.82) is 0 Å². The lowest BCUT2D eigenvalue weighted by Gasteiger charge is -2.33. The molecule has 2 amide bonds. The number of hydrogen-bond donors (Lipinski definition) is 0. The van der Waals surface area contributed by atoms with Crippen LogP contribution in [0.15, 0.2) is 24.3 Å². The van der Waals surface area contributed by atoms with E-state index in [0.29, 0.717) is 38.3 Å². The van der Waals surface area contributed by atoms with Crippen molar-refractivity contribution in [3.63, 3.8) is 0 Å². The van der Waals surface area contributed by atoms with Gasteiger partial charge in [0.1, 0.15) is 5.75 Å². The standard InChI is InChI=1S/C17H24N2O4/c1-3-4-13-23-15-7-5-14(6-8-15)16(20)18-9-11-19(12-10-18)17(21)22-2/h5-8H,3-4,9-13H2,1-2H3. The summed E-state index contributed by atoms with van der Waals surface area (Å²) in [6, 6.07) is 7.23. The van der Waals surface area contributed by atoms with Crippen LogP contribution < -0.4 is 4.74 Å². The molecule has 126 valence electrons. The van der Waals surface area contributed by atoms with Crippen LogP contribution in [0.4, 0.5) is 4.79 Å². The first-order valence-corrected chi connectivity index (χ1v) is 8.00. The van der Waals surface area contributed by atoms with Crippen LogP contribution in [0.25, 0.3) is 0 Å². The molecule has 0 spiro atoms. The molecule has 0 saturated carbocycles. The van der Waals surface area contributed by atoms with E-state index in [4.69, 9.17) is 9.47 Å². The molecule has 0 N–H and O–H groups in total. The number of hydrogen-bond acceptors (Lipinski definition) is 4. The van der Waals surface area contributed by atoms with Gasteiger partial charge in [0.05, 0.1) is 13.7 Å². The minimum absolute atomic E-state index is 0.0189. The number of carbonyl (C=O) groups excluding carboxylic acids is 2. The molecule has 6 heteroatoms. The fourth-order valence-electron chi connectivity index (χ4n) is 2.43. The lowest BCUT2D eigenvalue weighted by atomic mass is 10.1. The molecule has 0 radical (unpaired) electrons. The smallest absolute Gasteiger partial charge is 0.409 e. The van der Waals surface area contributed by atoms with E-state index in [-0.39, 0.29) is 12.0 Å². The summed E-state index contributed by atoms with van der Waals surface area (Å²) in [4.78, 5) is 27.3. The largest absolute Gasteiger partial charge is 0.494 e. The van der Waals surface area contributed by atoms with Crippen molar-refractivity contribution < 1.29 is 19.1 Å². The Bertz CT molecular complexity index is 522. The van der Waals surface area contributed by atoms with E-state index >= 15 is 0 Å². The molecule has 0 aliphatic carbocycles. The predicted molar refractivity (Wildman–Crippen MR) is 86.7 cm³/mol. The van der Waals surface area contributed by atoms with Gasteiger partial charge < -0.3 is 19.3 Å². The molecule has 0 bridgehead atoms. The summed E-state index contributed by atoms with van der Waals surface area (Å²) < 4.78 is 10.3. The summed E-state index contributed by atoms with van der Waals surface area (Å²) in [5, 5.41) is 0. The van der Waals surface area contributed by atoms with Crippen molar-refractivity contribution in [2.24, 2.45) is 0 Å². The Kier molecular flexibility index (Phi) is 6.26. The van der Waals surface area contributed by atoms with Gasteiger partial charge in [-0.25, -0.2) is 4.79 Å².